The summed E-state index contributed by atoms with van der Waals surface area (Å²) in [6.07, 6.45) is 5.10. The van der Waals surface area contributed by atoms with Gasteiger partial charge in [0, 0.05) is 13.1 Å². The molecule has 0 aromatic carbocycles. The summed E-state index contributed by atoms with van der Waals surface area (Å²) in [6.45, 7) is 4.13. The van der Waals surface area contributed by atoms with Crippen LogP contribution in [0.5, 0.6) is 0 Å². The van der Waals surface area contributed by atoms with Crippen molar-refractivity contribution in [3.63, 3.8) is 0 Å². The minimum atomic E-state index is -0.814. The molecule has 0 aliphatic heterocycles. The summed E-state index contributed by atoms with van der Waals surface area (Å²) in [6, 6.07) is 0.230. The molecule has 0 heterocycles. The van der Waals surface area contributed by atoms with Crippen molar-refractivity contribution in [3.05, 3.63) is 0 Å². The van der Waals surface area contributed by atoms with Crippen LogP contribution < -0.4 is 0 Å². The van der Waals surface area contributed by atoms with Gasteiger partial charge in [-0.05, 0) is 25.7 Å². The maximum atomic E-state index is 12.4. The van der Waals surface area contributed by atoms with E-state index in [4.69, 9.17) is 0 Å². The smallest absolute Gasteiger partial charge is 0.307 e. The summed E-state index contributed by atoms with van der Waals surface area (Å²) >= 11 is 0. The van der Waals surface area contributed by atoms with E-state index in [0.29, 0.717) is 6.42 Å². The summed E-state index contributed by atoms with van der Waals surface area (Å²) in [7, 11) is 1.81. The number of hydrogen-bond donors (Lipinski definition) is 1. The highest BCUT2D eigenvalue weighted by Crippen LogP contribution is 2.32. The molecular weight excluding hydrogens is 230 g/mol. The zero-order valence-corrected chi connectivity index (χ0v) is 11.7. The number of nitrogens with zero attached hydrogens (tertiary/aromatic N) is 1. The van der Waals surface area contributed by atoms with Gasteiger partial charge in [-0.2, -0.15) is 0 Å². The molecule has 2 unspecified atom stereocenters. The third kappa shape index (κ3) is 3.24. The lowest BCUT2D eigenvalue weighted by molar-refractivity contribution is -0.152. The second kappa shape index (κ2) is 6.76. The molecule has 0 saturated heterocycles. The van der Waals surface area contributed by atoms with Gasteiger partial charge in [0.2, 0.25) is 5.91 Å². The Labute approximate surface area is 109 Å². The number of carbonyl (C=O) groups excluding carboxylic acids is 1. The molecule has 1 aliphatic carbocycles. The Kier molecular flexibility index (Phi) is 5.63. The molecule has 0 bridgehead atoms. The van der Waals surface area contributed by atoms with Crippen molar-refractivity contribution in [1.82, 2.24) is 4.90 Å². The number of carboxylic acids is 1. The Balaban J connectivity index is 2.76. The lowest BCUT2D eigenvalue weighted by Gasteiger charge is -2.34. The Morgan fingerprint density at radius 2 is 1.67 bits per heavy atom. The first-order valence-corrected chi connectivity index (χ1v) is 7.02. The minimum absolute atomic E-state index is 0.0239. The summed E-state index contributed by atoms with van der Waals surface area (Å²) in [5.74, 6) is -1.59. The van der Waals surface area contributed by atoms with Gasteiger partial charge in [-0.15, -0.1) is 0 Å². The first kappa shape index (κ1) is 15.0. The summed E-state index contributed by atoms with van der Waals surface area (Å²) in [4.78, 5) is 25.4. The highest BCUT2D eigenvalue weighted by molar-refractivity contribution is 5.85. The Morgan fingerprint density at radius 1 is 1.17 bits per heavy atom. The van der Waals surface area contributed by atoms with Gasteiger partial charge < -0.3 is 10.0 Å². The predicted octanol–water partition coefficient (Wildman–Crippen LogP) is 2.52. The second-order valence-corrected chi connectivity index (χ2v) is 5.26. The van der Waals surface area contributed by atoms with Crippen molar-refractivity contribution >= 4 is 11.9 Å². The van der Waals surface area contributed by atoms with Gasteiger partial charge in [0.15, 0.2) is 0 Å². The molecular formula is C14H25NO3. The molecule has 0 aromatic heterocycles. The van der Waals surface area contributed by atoms with Crippen LogP contribution in [0.2, 0.25) is 0 Å². The lowest BCUT2D eigenvalue weighted by Crippen LogP contribution is -2.44. The van der Waals surface area contributed by atoms with E-state index in [9.17, 15) is 14.7 Å². The monoisotopic (exact) mass is 255 g/mol. The van der Waals surface area contributed by atoms with E-state index in [0.717, 1.165) is 32.1 Å². The number of carboxylic acid groups (broad SMARTS) is 1. The summed E-state index contributed by atoms with van der Waals surface area (Å²) < 4.78 is 0. The molecule has 1 saturated carbocycles. The van der Waals surface area contributed by atoms with E-state index in [-0.39, 0.29) is 17.9 Å². The van der Waals surface area contributed by atoms with Crippen LogP contribution >= 0.6 is 0 Å². The van der Waals surface area contributed by atoms with Crippen molar-refractivity contribution in [2.24, 2.45) is 11.8 Å². The number of rotatable bonds is 5. The first-order valence-electron chi connectivity index (χ1n) is 7.02. The lowest BCUT2D eigenvalue weighted by atomic mass is 9.78. The number of hydrogen-bond acceptors (Lipinski definition) is 2. The zero-order chi connectivity index (χ0) is 13.7. The first-order chi connectivity index (χ1) is 8.52. The van der Waals surface area contributed by atoms with Crippen molar-refractivity contribution in [3.8, 4) is 0 Å². The molecule has 0 spiro atoms. The van der Waals surface area contributed by atoms with E-state index in [1.807, 2.05) is 7.05 Å². The molecule has 1 aliphatic rings. The van der Waals surface area contributed by atoms with Gasteiger partial charge in [-0.3, -0.25) is 9.59 Å². The minimum Gasteiger partial charge on any atom is -0.481 e. The number of aliphatic carboxylic acids is 1. The van der Waals surface area contributed by atoms with Gasteiger partial charge in [0.1, 0.15) is 0 Å². The van der Waals surface area contributed by atoms with Crippen LogP contribution in [0.4, 0.5) is 0 Å². The van der Waals surface area contributed by atoms with Crippen LogP contribution in [-0.2, 0) is 9.59 Å². The highest BCUT2D eigenvalue weighted by Gasteiger charge is 2.37. The van der Waals surface area contributed by atoms with Crippen LogP contribution in [-0.4, -0.2) is 35.0 Å². The predicted molar refractivity (Wildman–Crippen MR) is 70.2 cm³/mol. The summed E-state index contributed by atoms with van der Waals surface area (Å²) in [5.41, 5.74) is 0. The van der Waals surface area contributed by atoms with Crippen LogP contribution in [0.25, 0.3) is 0 Å². The third-order valence-corrected chi connectivity index (χ3v) is 4.24. The standard InChI is InChI=1S/C14H25NO3/c1-4-10(5-2)15(3)13(16)11-8-6-7-9-12(11)14(17)18/h10-12H,4-9H2,1-3H3,(H,17,18). The van der Waals surface area contributed by atoms with Gasteiger partial charge >= 0.3 is 5.97 Å². The van der Waals surface area contributed by atoms with Crippen molar-refractivity contribution in [1.29, 1.82) is 0 Å². The molecule has 2 atom stereocenters. The third-order valence-electron chi connectivity index (χ3n) is 4.24. The van der Waals surface area contributed by atoms with E-state index >= 15 is 0 Å². The van der Waals surface area contributed by atoms with Crippen LogP contribution in [0.15, 0.2) is 0 Å². The van der Waals surface area contributed by atoms with E-state index in [2.05, 4.69) is 13.8 Å². The van der Waals surface area contributed by atoms with Crippen LogP contribution in [0, 0.1) is 11.8 Å². The highest BCUT2D eigenvalue weighted by atomic mass is 16.4. The Bertz CT molecular complexity index is 299. The van der Waals surface area contributed by atoms with Crippen LogP contribution in [0.1, 0.15) is 52.4 Å². The quantitative estimate of drug-likeness (QED) is 0.821. The van der Waals surface area contributed by atoms with Gasteiger partial charge in [0.25, 0.3) is 0 Å². The fraction of sp³-hybridized carbons (Fsp3) is 0.857. The molecule has 0 radical (unpaired) electrons. The normalized spacial score (nSPS) is 24.0. The summed E-state index contributed by atoms with van der Waals surface area (Å²) in [5, 5.41) is 9.22. The molecule has 0 aromatic rings. The van der Waals surface area contributed by atoms with Crippen molar-refractivity contribution in [2.45, 2.75) is 58.4 Å². The fourth-order valence-electron chi connectivity index (χ4n) is 3.00. The maximum Gasteiger partial charge on any atom is 0.307 e. The fourth-order valence-corrected chi connectivity index (χ4v) is 3.00. The molecule has 104 valence electrons. The van der Waals surface area contributed by atoms with Gasteiger partial charge in [-0.25, -0.2) is 0 Å². The maximum absolute atomic E-state index is 12.4. The van der Waals surface area contributed by atoms with Crippen LogP contribution in [0.3, 0.4) is 0 Å². The molecule has 1 fully saturated rings. The van der Waals surface area contributed by atoms with Crippen molar-refractivity contribution in [2.75, 3.05) is 7.05 Å². The molecule has 1 amide bonds. The average molecular weight is 255 g/mol. The molecule has 18 heavy (non-hydrogen) atoms. The number of carbonyl (C=O) groups is 2. The second-order valence-electron chi connectivity index (χ2n) is 5.26. The van der Waals surface area contributed by atoms with Crippen molar-refractivity contribution < 1.29 is 14.7 Å². The molecule has 1 rings (SSSR count). The molecule has 4 heteroatoms. The Morgan fingerprint density at radius 3 is 2.11 bits per heavy atom. The zero-order valence-electron chi connectivity index (χ0n) is 11.7. The van der Waals surface area contributed by atoms with Gasteiger partial charge in [-0.1, -0.05) is 26.7 Å². The molecule has 1 N–H and O–H groups in total. The van der Waals surface area contributed by atoms with E-state index in [1.165, 1.54) is 0 Å². The van der Waals surface area contributed by atoms with E-state index < -0.39 is 11.9 Å². The van der Waals surface area contributed by atoms with E-state index in [1.54, 1.807) is 4.90 Å². The largest absolute Gasteiger partial charge is 0.481 e. The SMILES string of the molecule is CCC(CC)N(C)C(=O)C1CCCCC1C(=O)O. The molecule has 4 nitrogen and oxygen atoms in total. The average Bonchev–Trinajstić information content (AvgIpc) is 2.39. The number of amides is 1. The Hall–Kier alpha value is -1.06. The topological polar surface area (TPSA) is 57.6 Å². The van der Waals surface area contributed by atoms with Gasteiger partial charge in [0.05, 0.1) is 11.8 Å².